The van der Waals surface area contributed by atoms with Crippen LogP contribution in [0.4, 0.5) is 0 Å². The summed E-state index contributed by atoms with van der Waals surface area (Å²) in [4.78, 5) is 0. The van der Waals surface area contributed by atoms with E-state index in [1.165, 1.54) is 18.4 Å². The number of ether oxygens (including phenoxy) is 1. The Morgan fingerprint density at radius 1 is 1.40 bits per heavy atom. The number of hydrogen-bond donors (Lipinski definition) is 1. The highest BCUT2D eigenvalue weighted by molar-refractivity contribution is 9.10. The molecule has 2 rings (SSSR count). The number of rotatable bonds is 5. The molecule has 1 aliphatic carbocycles. The summed E-state index contributed by atoms with van der Waals surface area (Å²) in [7, 11) is 1.77. The van der Waals surface area contributed by atoms with Crippen molar-refractivity contribution < 1.29 is 4.74 Å². The molecule has 1 fully saturated rings. The van der Waals surface area contributed by atoms with Gasteiger partial charge in [0, 0.05) is 24.2 Å². The van der Waals surface area contributed by atoms with Crippen LogP contribution in [0.2, 0.25) is 0 Å². The van der Waals surface area contributed by atoms with E-state index < -0.39 is 0 Å². The first-order valence-electron chi connectivity index (χ1n) is 5.31. The normalized spacial score (nSPS) is 17.7. The average molecular weight is 270 g/mol. The lowest BCUT2D eigenvalue weighted by Gasteiger charge is -2.16. The molecule has 1 aliphatic rings. The Balaban J connectivity index is 1.94. The van der Waals surface area contributed by atoms with Gasteiger partial charge in [0.25, 0.3) is 0 Å². The molecule has 0 bridgehead atoms. The van der Waals surface area contributed by atoms with Gasteiger partial charge in [-0.3, -0.25) is 0 Å². The molecule has 0 aromatic heterocycles. The molecule has 0 amide bonds. The highest BCUT2D eigenvalue weighted by Crippen LogP contribution is 2.22. The van der Waals surface area contributed by atoms with Gasteiger partial charge in [0.05, 0.1) is 6.10 Å². The number of nitrogens with one attached hydrogen (secondary N) is 1. The molecule has 82 valence electrons. The van der Waals surface area contributed by atoms with Gasteiger partial charge in [0.15, 0.2) is 0 Å². The zero-order chi connectivity index (χ0) is 10.7. The molecule has 1 aromatic rings. The first kappa shape index (κ1) is 11.1. The van der Waals surface area contributed by atoms with E-state index in [-0.39, 0.29) is 6.10 Å². The van der Waals surface area contributed by atoms with Crippen LogP contribution in [-0.2, 0) is 4.74 Å². The third-order valence-electron chi connectivity index (χ3n) is 2.70. The van der Waals surface area contributed by atoms with E-state index in [1.54, 1.807) is 7.11 Å². The summed E-state index contributed by atoms with van der Waals surface area (Å²) >= 11 is 3.43. The van der Waals surface area contributed by atoms with Crippen molar-refractivity contribution in [1.29, 1.82) is 0 Å². The van der Waals surface area contributed by atoms with Crippen molar-refractivity contribution in [3.05, 3.63) is 34.3 Å². The highest BCUT2D eigenvalue weighted by atomic mass is 79.9. The van der Waals surface area contributed by atoms with Crippen LogP contribution in [0, 0.1) is 0 Å². The Labute approximate surface area is 99.1 Å². The van der Waals surface area contributed by atoms with Gasteiger partial charge in [0.2, 0.25) is 0 Å². The Morgan fingerprint density at radius 3 is 2.60 bits per heavy atom. The molecule has 0 spiro atoms. The van der Waals surface area contributed by atoms with E-state index in [1.807, 2.05) is 0 Å². The van der Waals surface area contributed by atoms with Gasteiger partial charge >= 0.3 is 0 Å². The van der Waals surface area contributed by atoms with Crippen LogP contribution in [0.1, 0.15) is 24.5 Å². The van der Waals surface area contributed by atoms with Gasteiger partial charge in [-0.05, 0) is 30.5 Å². The molecule has 2 nitrogen and oxygen atoms in total. The summed E-state index contributed by atoms with van der Waals surface area (Å²) in [5, 5.41) is 3.48. The van der Waals surface area contributed by atoms with Gasteiger partial charge < -0.3 is 10.1 Å². The van der Waals surface area contributed by atoms with Crippen molar-refractivity contribution in [2.45, 2.75) is 25.0 Å². The molecule has 0 aliphatic heterocycles. The molecule has 1 saturated carbocycles. The quantitative estimate of drug-likeness (QED) is 0.888. The molecule has 3 heteroatoms. The highest BCUT2D eigenvalue weighted by Gasteiger charge is 2.22. The zero-order valence-corrected chi connectivity index (χ0v) is 10.5. The van der Waals surface area contributed by atoms with Crippen molar-refractivity contribution in [2.75, 3.05) is 13.7 Å². The minimum atomic E-state index is 0.165. The lowest BCUT2D eigenvalue weighted by atomic mass is 10.1. The third kappa shape index (κ3) is 3.30. The summed E-state index contributed by atoms with van der Waals surface area (Å²) < 4.78 is 6.58. The molecular weight excluding hydrogens is 254 g/mol. The van der Waals surface area contributed by atoms with Crippen molar-refractivity contribution in [2.24, 2.45) is 0 Å². The van der Waals surface area contributed by atoms with Gasteiger partial charge in [0.1, 0.15) is 0 Å². The van der Waals surface area contributed by atoms with Gasteiger partial charge in [-0.15, -0.1) is 0 Å². The monoisotopic (exact) mass is 269 g/mol. The first-order valence-corrected chi connectivity index (χ1v) is 6.10. The van der Waals surface area contributed by atoms with Crippen LogP contribution in [-0.4, -0.2) is 19.7 Å². The number of methoxy groups -OCH3 is 1. The minimum absolute atomic E-state index is 0.165. The second-order valence-corrected chi connectivity index (χ2v) is 4.87. The molecule has 1 aromatic carbocycles. The summed E-state index contributed by atoms with van der Waals surface area (Å²) in [6.07, 6.45) is 2.80. The van der Waals surface area contributed by atoms with Crippen LogP contribution in [0.25, 0.3) is 0 Å². The Bertz CT molecular complexity index is 308. The fourth-order valence-corrected chi connectivity index (χ4v) is 1.84. The van der Waals surface area contributed by atoms with Crippen LogP contribution in [0.5, 0.6) is 0 Å². The van der Waals surface area contributed by atoms with E-state index in [0.29, 0.717) is 0 Å². The van der Waals surface area contributed by atoms with E-state index in [2.05, 4.69) is 45.5 Å². The van der Waals surface area contributed by atoms with Crippen molar-refractivity contribution >= 4 is 15.9 Å². The maximum atomic E-state index is 5.48. The Hall–Kier alpha value is -0.380. The number of benzene rings is 1. The van der Waals surface area contributed by atoms with E-state index in [0.717, 1.165) is 17.1 Å². The van der Waals surface area contributed by atoms with Gasteiger partial charge in [-0.2, -0.15) is 0 Å². The first-order chi connectivity index (χ1) is 7.29. The molecule has 0 radical (unpaired) electrons. The second-order valence-electron chi connectivity index (χ2n) is 3.96. The fraction of sp³-hybridized carbons (Fsp3) is 0.500. The Kier molecular flexibility index (Phi) is 3.78. The molecular formula is C12H16BrNO. The SMILES string of the molecule is COC(CNC1CC1)c1ccc(Br)cc1. The standard InChI is InChI=1S/C12H16BrNO/c1-15-12(8-14-11-6-7-11)9-2-4-10(13)5-3-9/h2-5,11-12,14H,6-8H2,1H3. The van der Waals surface area contributed by atoms with Crippen LogP contribution < -0.4 is 5.32 Å². The van der Waals surface area contributed by atoms with Crippen molar-refractivity contribution in [3.8, 4) is 0 Å². The molecule has 1 unspecified atom stereocenters. The maximum Gasteiger partial charge on any atom is 0.0945 e. The smallest absolute Gasteiger partial charge is 0.0945 e. The fourth-order valence-electron chi connectivity index (χ4n) is 1.58. The van der Waals surface area contributed by atoms with E-state index in [4.69, 9.17) is 4.74 Å². The van der Waals surface area contributed by atoms with Crippen molar-refractivity contribution in [3.63, 3.8) is 0 Å². The van der Waals surface area contributed by atoms with Gasteiger partial charge in [-0.1, -0.05) is 28.1 Å². The Morgan fingerprint density at radius 2 is 2.07 bits per heavy atom. The summed E-state index contributed by atoms with van der Waals surface area (Å²) in [6, 6.07) is 9.05. The predicted molar refractivity (Wildman–Crippen MR) is 64.9 cm³/mol. The molecule has 1 N–H and O–H groups in total. The molecule has 0 heterocycles. The minimum Gasteiger partial charge on any atom is -0.375 e. The lowest BCUT2D eigenvalue weighted by Crippen LogP contribution is -2.24. The van der Waals surface area contributed by atoms with Crippen LogP contribution in [0.3, 0.4) is 0 Å². The second kappa shape index (κ2) is 5.10. The van der Waals surface area contributed by atoms with Gasteiger partial charge in [-0.25, -0.2) is 0 Å². The summed E-state index contributed by atoms with van der Waals surface area (Å²) in [6.45, 7) is 0.906. The maximum absolute atomic E-state index is 5.48. The average Bonchev–Trinajstić information content (AvgIpc) is 3.05. The molecule has 15 heavy (non-hydrogen) atoms. The predicted octanol–water partition coefficient (Wildman–Crippen LogP) is 2.89. The number of halogens is 1. The van der Waals surface area contributed by atoms with Crippen LogP contribution >= 0.6 is 15.9 Å². The third-order valence-corrected chi connectivity index (χ3v) is 3.22. The largest absolute Gasteiger partial charge is 0.375 e. The summed E-state index contributed by atoms with van der Waals surface area (Å²) in [5.41, 5.74) is 1.23. The van der Waals surface area contributed by atoms with Crippen LogP contribution in [0.15, 0.2) is 28.7 Å². The number of hydrogen-bond acceptors (Lipinski definition) is 2. The van der Waals surface area contributed by atoms with E-state index in [9.17, 15) is 0 Å². The summed E-state index contributed by atoms with van der Waals surface area (Å²) in [5.74, 6) is 0. The molecule has 0 saturated heterocycles. The zero-order valence-electron chi connectivity index (χ0n) is 8.87. The lowest BCUT2D eigenvalue weighted by molar-refractivity contribution is 0.102. The van der Waals surface area contributed by atoms with E-state index >= 15 is 0 Å². The molecule has 1 atom stereocenters. The van der Waals surface area contributed by atoms with Crippen molar-refractivity contribution in [1.82, 2.24) is 5.32 Å². The topological polar surface area (TPSA) is 21.3 Å².